The third-order valence-electron chi connectivity index (χ3n) is 4.20. The summed E-state index contributed by atoms with van der Waals surface area (Å²) in [6, 6.07) is 11.3. The minimum Gasteiger partial charge on any atom is -0.480 e. The predicted octanol–water partition coefficient (Wildman–Crippen LogP) is 4.91. The van der Waals surface area contributed by atoms with Crippen molar-refractivity contribution in [3.05, 3.63) is 59.2 Å². The molecule has 0 bridgehead atoms. The Kier molecular flexibility index (Phi) is 5.79. The third kappa shape index (κ3) is 5.06. The van der Waals surface area contributed by atoms with E-state index in [9.17, 15) is 14.7 Å². The van der Waals surface area contributed by atoms with E-state index in [2.05, 4.69) is 10.4 Å². The van der Waals surface area contributed by atoms with Gasteiger partial charge in [0.05, 0.1) is 17.4 Å². The lowest BCUT2D eigenvalue weighted by atomic mass is 10.1. The number of aliphatic carboxylic acids is 1. The number of anilines is 1. The molecular weight excluding hydrogens is 394 g/mol. The zero-order valence-corrected chi connectivity index (χ0v) is 17.1. The fourth-order valence-corrected chi connectivity index (χ4v) is 3.09. The average Bonchev–Trinajstić information content (AvgIpc) is 3.04. The highest BCUT2D eigenvalue weighted by Crippen LogP contribution is 2.27. The molecule has 2 aromatic carbocycles. The minimum atomic E-state index is -1.00. The van der Waals surface area contributed by atoms with Crippen LogP contribution in [0.15, 0.2) is 48.7 Å². The lowest BCUT2D eigenvalue weighted by Gasteiger charge is -2.20. The van der Waals surface area contributed by atoms with Crippen LogP contribution >= 0.6 is 11.6 Å². The van der Waals surface area contributed by atoms with Crippen LogP contribution in [0.2, 0.25) is 5.02 Å². The Morgan fingerprint density at radius 2 is 1.90 bits per heavy atom. The van der Waals surface area contributed by atoms with Crippen LogP contribution in [0.5, 0.6) is 0 Å². The van der Waals surface area contributed by atoms with Gasteiger partial charge in [-0.15, -0.1) is 0 Å². The van der Waals surface area contributed by atoms with E-state index in [1.54, 1.807) is 69.4 Å². The van der Waals surface area contributed by atoms with Crippen molar-refractivity contribution in [2.75, 3.05) is 5.32 Å². The van der Waals surface area contributed by atoms with E-state index < -0.39 is 23.7 Å². The Balaban J connectivity index is 1.92. The minimum absolute atomic E-state index is 0.243. The van der Waals surface area contributed by atoms with Gasteiger partial charge in [0, 0.05) is 16.8 Å². The second-order valence-electron chi connectivity index (χ2n) is 7.64. The molecule has 0 aliphatic heterocycles. The molecule has 1 unspecified atom stereocenters. The first-order valence-corrected chi connectivity index (χ1v) is 9.45. The van der Waals surface area contributed by atoms with E-state index >= 15 is 0 Å². The van der Waals surface area contributed by atoms with Crippen molar-refractivity contribution < 1.29 is 19.4 Å². The van der Waals surface area contributed by atoms with Crippen LogP contribution in [0.1, 0.15) is 32.4 Å². The molecule has 0 radical (unpaired) electrons. The van der Waals surface area contributed by atoms with Gasteiger partial charge >= 0.3 is 12.1 Å². The molecule has 0 aliphatic carbocycles. The summed E-state index contributed by atoms with van der Waals surface area (Å²) in [5.41, 5.74) is 1.29. The molecule has 2 N–H and O–H groups in total. The molecule has 29 heavy (non-hydrogen) atoms. The highest BCUT2D eigenvalue weighted by molar-refractivity contribution is 6.30. The summed E-state index contributed by atoms with van der Waals surface area (Å²) >= 11 is 5.91. The molecule has 1 heterocycles. The second-order valence-corrected chi connectivity index (χ2v) is 8.08. The molecular formula is C21H22ClN3O4. The molecule has 3 aromatic rings. The van der Waals surface area contributed by atoms with Crippen LogP contribution in [0.25, 0.3) is 10.9 Å². The van der Waals surface area contributed by atoms with Crippen LogP contribution in [-0.2, 0) is 16.0 Å². The maximum absolute atomic E-state index is 12.1. The smallest absolute Gasteiger partial charge is 0.412 e. The number of carboxylic acid groups (broad SMARTS) is 1. The first kappa shape index (κ1) is 20.7. The van der Waals surface area contributed by atoms with Gasteiger partial charge in [-0.05, 0) is 50.6 Å². The number of benzene rings is 2. The quantitative estimate of drug-likeness (QED) is 0.617. The number of carboxylic acids is 1. The van der Waals surface area contributed by atoms with E-state index in [0.29, 0.717) is 21.6 Å². The Bertz CT molecular complexity index is 1040. The number of fused-ring (bicyclic) bond motifs is 1. The number of aromatic nitrogens is 2. The largest absolute Gasteiger partial charge is 0.480 e. The highest BCUT2D eigenvalue weighted by atomic mass is 35.5. The van der Waals surface area contributed by atoms with Crippen LogP contribution in [0.3, 0.4) is 0 Å². The van der Waals surface area contributed by atoms with Gasteiger partial charge in [-0.2, -0.15) is 5.10 Å². The number of carbonyl (C=O) groups excluding carboxylic acids is 1. The SMILES string of the molecule is CC(C)(C)OC(=O)Nc1cccc2c1cnn2C(Cc1ccc(Cl)cc1)C(=O)O. The molecule has 1 aromatic heterocycles. The molecule has 8 heteroatoms. The Morgan fingerprint density at radius 3 is 2.52 bits per heavy atom. The van der Waals surface area contributed by atoms with Crippen molar-refractivity contribution in [1.29, 1.82) is 0 Å². The number of carbonyl (C=O) groups is 2. The zero-order valence-electron chi connectivity index (χ0n) is 16.3. The first-order valence-electron chi connectivity index (χ1n) is 9.07. The number of hydrogen-bond donors (Lipinski definition) is 2. The van der Waals surface area contributed by atoms with E-state index in [-0.39, 0.29) is 6.42 Å². The Morgan fingerprint density at radius 1 is 1.21 bits per heavy atom. The number of hydrogen-bond acceptors (Lipinski definition) is 4. The van der Waals surface area contributed by atoms with Crippen molar-refractivity contribution in [1.82, 2.24) is 9.78 Å². The van der Waals surface area contributed by atoms with E-state index in [4.69, 9.17) is 16.3 Å². The molecule has 3 rings (SSSR count). The van der Waals surface area contributed by atoms with Crippen molar-refractivity contribution >= 4 is 40.3 Å². The number of amides is 1. The fourth-order valence-electron chi connectivity index (χ4n) is 2.96. The number of nitrogens with zero attached hydrogens (tertiary/aromatic N) is 2. The lowest BCUT2D eigenvalue weighted by Crippen LogP contribution is -2.27. The molecule has 152 valence electrons. The van der Waals surface area contributed by atoms with Crippen molar-refractivity contribution in [2.45, 2.75) is 38.8 Å². The van der Waals surface area contributed by atoms with Gasteiger partial charge in [-0.1, -0.05) is 29.8 Å². The molecule has 0 saturated heterocycles. The van der Waals surface area contributed by atoms with Crippen molar-refractivity contribution in [2.24, 2.45) is 0 Å². The third-order valence-corrected chi connectivity index (χ3v) is 4.45. The normalized spacial score (nSPS) is 12.6. The first-order chi connectivity index (χ1) is 13.6. The highest BCUT2D eigenvalue weighted by Gasteiger charge is 2.24. The summed E-state index contributed by atoms with van der Waals surface area (Å²) in [7, 11) is 0. The van der Waals surface area contributed by atoms with E-state index in [1.165, 1.54) is 4.68 Å². The number of ether oxygens (including phenoxy) is 1. The number of halogens is 1. The van der Waals surface area contributed by atoms with Crippen LogP contribution in [0, 0.1) is 0 Å². The predicted molar refractivity (Wildman–Crippen MR) is 111 cm³/mol. The summed E-state index contributed by atoms with van der Waals surface area (Å²) in [5.74, 6) is -1.00. The molecule has 0 saturated carbocycles. The van der Waals surface area contributed by atoms with Crippen LogP contribution in [-0.4, -0.2) is 32.6 Å². The van der Waals surface area contributed by atoms with Crippen molar-refractivity contribution in [3.63, 3.8) is 0 Å². The van der Waals surface area contributed by atoms with Gasteiger partial charge in [0.1, 0.15) is 5.60 Å². The van der Waals surface area contributed by atoms with Gasteiger partial charge in [0.15, 0.2) is 6.04 Å². The van der Waals surface area contributed by atoms with Gasteiger partial charge in [-0.25, -0.2) is 9.59 Å². The maximum atomic E-state index is 12.1. The summed E-state index contributed by atoms with van der Waals surface area (Å²) in [4.78, 5) is 24.1. The molecule has 0 aliphatic rings. The van der Waals surface area contributed by atoms with Gasteiger partial charge in [-0.3, -0.25) is 10.00 Å². The molecule has 0 fully saturated rings. The summed E-state index contributed by atoms with van der Waals surface area (Å²) in [6.45, 7) is 5.33. The van der Waals surface area contributed by atoms with Gasteiger partial charge in [0.2, 0.25) is 0 Å². The van der Waals surface area contributed by atoms with Crippen molar-refractivity contribution in [3.8, 4) is 0 Å². The van der Waals surface area contributed by atoms with E-state index in [1.807, 2.05) is 0 Å². The standard InChI is InChI=1S/C21H22ClN3O4/c1-21(2,3)29-20(28)24-16-5-4-6-17-15(16)12-23-25(17)18(19(26)27)11-13-7-9-14(22)10-8-13/h4-10,12,18H,11H2,1-3H3,(H,24,28)(H,26,27). The molecule has 1 amide bonds. The van der Waals surface area contributed by atoms with E-state index in [0.717, 1.165) is 5.56 Å². The Hall–Kier alpha value is -3.06. The lowest BCUT2D eigenvalue weighted by molar-refractivity contribution is -0.141. The average molecular weight is 416 g/mol. The van der Waals surface area contributed by atoms with Gasteiger partial charge < -0.3 is 9.84 Å². The summed E-state index contributed by atoms with van der Waals surface area (Å²) in [5, 5.41) is 18.0. The van der Waals surface area contributed by atoms with Crippen LogP contribution in [0.4, 0.5) is 10.5 Å². The second kappa shape index (κ2) is 8.13. The number of rotatable bonds is 5. The summed E-state index contributed by atoms with van der Waals surface area (Å²) in [6.07, 6.45) is 1.20. The zero-order chi connectivity index (χ0) is 21.2. The topological polar surface area (TPSA) is 93.5 Å². The number of nitrogens with one attached hydrogen (secondary N) is 1. The molecule has 7 nitrogen and oxygen atoms in total. The Labute approximate surface area is 173 Å². The van der Waals surface area contributed by atoms with Crippen LogP contribution < -0.4 is 5.32 Å². The monoisotopic (exact) mass is 415 g/mol. The molecule has 1 atom stereocenters. The summed E-state index contributed by atoms with van der Waals surface area (Å²) < 4.78 is 6.74. The maximum Gasteiger partial charge on any atom is 0.412 e. The van der Waals surface area contributed by atoms with Gasteiger partial charge in [0.25, 0.3) is 0 Å². The fraction of sp³-hybridized carbons (Fsp3) is 0.286. The molecule has 0 spiro atoms.